The van der Waals surface area contributed by atoms with E-state index in [2.05, 4.69) is 15.5 Å². The number of ether oxygens (including phenoxy) is 1. The average molecular weight is 203 g/mol. The maximum absolute atomic E-state index is 5.39. The number of tetrazole rings is 1. The lowest BCUT2D eigenvalue weighted by atomic mass is 10.7. The molecule has 1 aromatic rings. The second-order valence-electron chi connectivity index (χ2n) is 2.23. The van der Waals surface area contributed by atoms with Gasteiger partial charge < -0.3 is 10.5 Å². The fourth-order valence-electron chi connectivity index (χ4n) is 0.740. The van der Waals surface area contributed by atoms with Crippen LogP contribution in [-0.4, -0.2) is 39.3 Å². The Morgan fingerprint density at radius 1 is 1.62 bits per heavy atom. The first kappa shape index (κ1) is 10.4. The van der Waals surface area contributed by atoms with Crippen molar-refractivity contribution in [1.82, 2.24) is 20.2 Å². The Bertz CT molecular complexity index is 241. The van der Waals surface area contributed by atoms with Crippen LogP contribution < -0.4 is 5.73 Å². The molecule has 0 amide bonds. The number of rotatable bonds is 6. The van der Waals surface area contributed by atoms with Crippen LogP contribution in [0.1, 0.15) is 6.92 Å². The summed E-state index contributed by atoms with van der Waals surface area (Å²) in [5.41, 5.74) is 5.39. The average Bonchev–Trinajstić information content (AvgIpc) is 2.54. The molecule has 0 unspecified atom stereocenters. The predicted molar refractivity (Wildman–Crippen MR) is 49.2 cm³/mol. The minimum absolute atomic E-state index is 0.535. The molecule has 1 aromatic heterocycles. The lowest BCUT2D eigenvalue weighted by Crippen LogP contribution is -2.12. The van der Waals surface area contributed by atoms with Crippen LogP contribution >= 0.6 is 11.8 Å². The van der Waals surface area contributed by atoms with E-state index in [1.807, 2.05) is 6.92 Å². The number of aromatic nitrogens is 4. The zero-order valence-corrected chi connectivity index (χ0v) is 8.33. The van der Waals surface area contributed by atoms with E-state index in [4.69, 9.17) is 10.5 Å². The SMILES string of the molecule is CCOCSc1nnnn1CCN. The van der Waals surface area contributed by atoms with E-state index in [-0.39, 0.29) is 0 Å². The van der Waals surface area contributed by atoms with Gasteiger partial charge in [-0.3, -0.25) is 0 Å². The highest BCUT2D eigenvalue weighted by atomic mass is 32.2. The summed E-state index contributed by atoms with van der Waals surface area (Å²) in [5.74, 6) is 0.571. The van der Waals surface area contributed by atoms with Crippen molar-refractivity contribution >= 4 is 11.8 Å². The van der Waals surface area contributed by atoms with Crippen molar-refractivity contribution in [3.05, 3.63) is 0 Å². The van der Waals surface area contributed by atoms with Crippen molar-refractivity contribution < 1.29 is 4.74 Å². The summed E-state index contributed by atoms with van der Waals surface area (Å²) < 4.78 is 6.83. The first-order valence-electron chi connectivity index (χ1n) is 4.05. The van der Waals surface area contributed by atoms with Crippen molar-refractivity contribution in [3.63, 3.8) is 0 Å². The van der Waals surface area contributed by atoms with Gasteiger partial charge in [0.05, 0.1) is 12.5 Å². The highest BCUT2D eigenvalue weighted by molar-refractivity contribution is 7.99. The zero-order chi connectivity index (χ0) is 9.52. The standard InChI is InChI=1S/C6H13N5OS/c1-2-12-5-13-6-8-9-10-11(6)4-3-7/h2-5,7H2,1H3. The molecule has 0 atom stereocenters. The molecule has 0 aliphatic rings. The number of hydrogen-bond donors (Lipinski definition) is 1. The normalized spacial score (nSPS) is 10.6. The topological polar surface area (TPSA) is 78.9 Å². The largest absolute Gasteiger partial charge is 0.371 e. The molecule has 0 aromatic carbocycles. The number of nitrogens with zero attached hydrogens (tertiary/aromatic N) is 4. The van der Waals surface area contributed by atoms with Crippen LogP contribution in [0.25, 0.3) is 0 Å². The van der Waals surface area contributed by atoms with Crippen molar-refractivity contribution in [1.29, 1.82) is 0 Å². The summed E-state index contributed by atoms with van der Waals surface area (Å²) in [4.78, 5) is 0. The number of thioether (sulfide) groups is 1. The molecule has 0 saturated carbocycles. The lowest BCUT2D eigenvalue weighted by Gasteiger charge is -2.01. The molecule has 0 fully saturated rings. The summed E-state index contributed by atoms with van der Waals surface area (Å²) >= 11 is 1.47. The third-order valence-corrected chi connectivity index (χ3v) is 2.15. The molecule has 2 N–H and O–H groups in total. The summed E-state index contributed by atoms with van der Waals surface area (Å²) in [6.45, 7) is 3.82. The molecular weight excluding hydrogens is 190 g/mol. The monoisotopic (exact) mass is 203 g/mol. The molecule has 1 rings (SSSR count). The molecule has 1 heterocycles. The zero-order valence-electron chi connectivity index (χ0n) is 7.51. The molecule has 0 saturated heterocycles. The quantitative estimate of drug-likeness (QED) is 0.389. The minimum atomic E-state index is 0.535. The molecule has 7 heteroatoms. The Kier molecular flexibility index (Phi) is 4.73. The van der Waals surface area contributed by atoms with Crippen molar-refractivity contribution in [2.24, 2.45) is 5.73 Å². The summed E-state index contributed by atoms with van der Waals surface area (Å²) in [7, 11) is 0. The third kappa shape index (κ3) is 3.29. The van der Waals surface area contributed by atoms with Crippen LogP contribution in [0.15, 0.2) is 5.16 Å². The molecule has 0 aliphatic heterocycles. The van der Waals surface area contributed by atoms with E-state index in [1.54, 1.807) is 4.68 Å². The van der Waals surface area contributed by atoms with Gasteiger partial charge in [0.1, 0.15) is 0 Å². The van der Waals surface area contributed by atoms with Gasteiger partial charge in [-0.2, -0.15) is 0 Å². The second kappa shape index (κ2) is 5.90. The van der Waals surface area contributed by atoms with Gasteiger partial charge in [0.2, 0.25) is 5.16 Å². The van der Waals surface area contributed by atoms with E-state index in [9.17, 15) is 0 Å². The first-order valence-corrected chi connectivity index (χ1v) is 5.03. The van der Waals surface area contributed by atoms with Crippen LogP contribution in [0.2, 0.25) is 0 Å². The third-order valence-electron chi connectivity index (χ3n) is 1.32. The molecule has 0 spiro atoms. The Balaban J connectivity index is 2.40. The lowest BCUT2D eigenvalue weighted by molar-refractivity contribution is 0.199. The Morgan fingerprint density at radius 3 is 3.15 bits per heavy atom. The number of hydrogen-bond acceptors (Lipinski definition) is 6. The van der Waals surface area contributed by atoms with Gasteiger partial charge in [-0.05, 0) is 17.4 Å². The van der Waals surface area contributed by atoms with Crippen LogP contribution in [0.3, 0.4) is 0 Å². The maximum atomic E-state index is 5.39. The van der Waals surface area contributed by atoms with Gasteiger partial charge in [0, 0.05) is 13.2 Å². The van der Waals surface area contributed by atoms with Gasteiger partial charge in [0.25, 0.3) is 0 Å². The minimum Gasteiger partial charge on any atom is -0.371 e. The van der Waals surface area contributed by atoms with Crippen molar-refractivity contribution in [2.45, 2.75) is 18.6 Å². The molecule has 74 valence electrons. The fraction of sp³-hybridized carbons (Fsp3) is 0.833. The van der Waals surface area contributed by atoms with Crippen LogP contribution in [-0.2, 0) is 11.3 Å². The van der Waals surface area contributed by atoms with E-state index in [1.165, 1.54) is 11.8 Å². The van der Waals surface area contributed by atoms with Crippen LogP contribution in [0, 0.1) is 0 Å². The van der Waals surface area contributed by atoms with E-state index < -0.39 is 0 Å². The van der Waals surface area contributed by atoms with Gasteiger partial charge in [-0.1, -0.05) is 11.8 Å². The fourth-order valence-corrected chi connectivity index (χ4v) is 1.47. The van der Waals surface area contributed by atoms with Gasteiger partial charge in [0.15, 0.2) is 0 Å². The Morgan fingerprint density at radius 2 is 2.46 bits per heavy atom. The molecule has 0 bridgehead atoms. The van der Waals surface area contributed by atoms with Crippen molar-refractivity contribution in [3.8, 4) is 0 Å². The molecule has 0 radical (unpaired) electrons. The van der Waals surface area contributed by atoms with Gasteiger partial charge in [-0.25, -0.2) is 4.68 Å². The Hall–Kier alpha value is -0.660. The van der Waals surface area contributed by atoms with Crippen LogP contribution in [0.4, 0.5) is 0 Å². The van der Waals surface area contributed by atoms with E-state index in [0.717, 1.165) is 5.16 Å². The maximum Gasteiger partial charge on any atom is 0.211 e. The Labute approximate surface area is 80.8 Å². The summed E-state index contributed by atoms with van der Waals surface area (Å²) in [6.07, 6.45) is 0. The van der Waals surface area contributed by atoms with Crippen molar-refractivity contribution in [2.75, 3.05) is 19.1 Å². The molecule has 13 heavy (non-hydrogen) atoms. The predicted octanol–water partition coefficient (Wildman–Crippen LogP) is -0.282. The highest BCUT2D eigenvalue weighted by Gasteiger charge is 2.04. The highest BCUT2D eigenvalue weighted by Crippen LogP contribution is 2.12. The van der Waals surface area contributed by atoms with E-state index in [0.29, 0.717) is 25.6 Å². The van der Waals surface area contributed by atoms with E-state index >= 15 is 0 Å². The van der Waals surface area contributed by atoms with Crippen LogP contribution in [0.5, 0.6) is 0 Å². The second-order valence-corrected chi connectivity index (χ2v) is 3.12. The molecule has 0 aliphatic carbocycles. The number of nitrogens with two attached hydrogens (primary N) is 1. The summed E-state index contributed by atoms with van der Waals surface area (Å²) in [5, 5.41) is 11.9. The summed E-state index contributed by atoms with van der Waals surface area (Å²) in [6, 6.07) is 0. The first-order chi connectivity index (χ1) is 6.38. The van der Waals surface area contributed by atoms with Gasteiger partial charge >= 0.3 is 0 Å². The van der Waals surface area contributed by atoms with Gasteiger partial charge in [-0.15, -0.1) is 5.10 Å². The molecule has 6 nitrogen and oxygen atoms in total. The molecular formula is C6H13N5OS. The smallest absolute Gasteiger partial charge is 0.211 e.